The van der Waals surface area contributed by atoms with Crippen LogP contribution in [0.3, 0.4) is 0 Å². The molecule has 0 aliphatic carbocycles. The van der Waals surface area contributed by atoms with Crippen LogP contribution in [-0.4, -0.2) is 24.1 Å². The zero-order valence-corrected chi connectivity index (χ0v) is 29.2. The lowest BCUT2D eigenvalue weighted by atomic mass is 10.0. The number of para-hydroxylation sites is 3. The van der Waals surface area contributed by atoms with Crippen molar-refractivity contribution in [2.75, 3.05) is 0 Å². The van der Waals surface area contributed by atoms with E-state index in [1.807, 2.05) is 47.7 Å². The number of benzene rings is 7. The highest BCUT2D eigenvalue weighted by Gasteiger charge is 2.25. The topological polar surface area (TPSA) is 48.5 Å². The molecule has 0 aliphatic heterocycles. The molecule has 4 aromatic heterocycles. The largest absolute Gasteiger partial charge is 0.307 e. The predicted molar refractivity (Wildman–Crippen MR) is 220 cm³/mol. The number of thiophene rings is 1. The van der Waals surface area contributed by atoms with Crippen molar-refractivity contribution in [2.24, 2.45) is 0 Å². The first-order valence-electron chi connectivity index (χ1n) is 17.7. The molecule has 0 bridgehead atoms. The van der Waals surface area contributed by atoms with Gasteiger partial charge in [0.25, 0.3) is 0 Å². The summed E-state index contributed by atoms with van der Waals surface area (Å²) in [6.07, 6.45) is 0. The van der Waals surface area contributed by atoms with Gasteiger partial charge in [0.05, 0.1) is 32.5 Å². The van der Waals surface area contributed by atoms with E-state index in [4.69, 9.17) is 15.0 Å². The number of aromatic nitrogens is 5. The molecule has 53 heavy (non-hydrogen) atoms. The van der Waals surface area contributed by atoms with Crippen molar-refractivity contribution in [3.05, 3.63) is 176 Å². The Morgan fingerprint density at radius 2 is 0.887 bits per heavy atom. The van der Waals surface area contributed by atoms with Gasteiger partial charge in [0.1, 0.15) is 0 Å². The van der Waals surface area contributed by atoms with Crippen molar-refractivity contribution in [1.82, 2.24) is 24.1 Å². The highest BCUT2D eigenvalue weighted by atomic mass is 32.1. The summed E-state index contributed by atoms with van der Waals surface area (Å²) in [5.74, 6) is 1.96. The van der Waals surface area contributed by atoms with Gasteiger partial charge in [-0.2, -0.15) is 0 Å². The molecule has 7 aromatic carbocycles. The van der Waals surface area contributed by atoms with E-state index in [0.29, 0.717) is 17.5 Å². The fourth-order valence-electron chi connectivity index (χ4n) is 7.89. The number of fused-ring (bicyclic) bond motifs is 8. The minimum atomic E-state index is 0.651. The maximum absolute atomic E-state index is 5.18. The molecule has 0 spiro atoms. The Bertz CT molecular complexity index is 3100. The van der Waals surface area contributed by atoms with E-state index in [1.54, 1.807) is 0 Å². The Morgan fingerprint density at radius 3 is 1.53 bits per heavy atom. The van der Waals surface area contributed by atoms with Gasteiger partial charge >= 0.3 is 0 Å². The van der Waals surface area contributed by atoms with Crippen molar-refractivity contribution >= 4 is 64.3 Å². The lowest BCUT2D eigenvalue weighted by Gasteiger charge is -2.13. The zero-order chi connectivity index (χ0) is 34.9. The maximum atomic E-state index is 5.18. The first-order valence-corrected chi connectivity index (χ1v) is 18.5. The summed E-state index contributed by atoms with van der Waals surface area (Å²) in [5.41, 5.74) is 9.89. The van der Waals surface area contributed by atoms with Crippen LogP contribution in [0.2, 0.25) is 0 Å². The highest BCUT2D eigenvalue weighted by Crippen LogP contribution is 2.46. The minimum Gasteiger partial charge on any atom is -0.307 e. The van der Waals surface area contributed by atoms with Gasteiger partial charge < -0.3 is 9.13 Å². The quantitative estimate of drug-likeness (QED) is 0.180. The lowest BCUT2D eigenvalue weighted by Crippen LogP contribution is -2.01. The van der Waals surface area contributed by atoms with Gasteiger partial charge in [-0.1, -0.05) is 133 Å². The summed E-state index contributed by atoms with van der Waals surface area (Å²) in [6.45, 7) is 0. The van der Waals surface area contributed by atoms with E-state index in [0.717, 1.165) is 39.0 Å². The van der Waals surface area contributed by atoms with Crippen LogP contribution in [0.5, 0.6) is 0 Å². The molecule has 5 nitrogen and oxygen atoms in total. The zero-order valence-electron chi connectivity index (χ0n) is 28.4. The van der Waals surface area contributed by atoms with Crippen molar-refractivity contribution in [3.8, 4) is 45.5 Å². The third-order valence-electron chi connectivity index (χ3n) is 10.2. The average molecular weight is 696 g/mol. The van der Waals surface area contributed by atoms with Gasteiger partial charge in [0.15, 0.2) is 17.5 Å². The molecule has 0 fully saturated rings. The third-order valence-corrected chi connectivity index (χ3v) is 11.4. The van der Waals surface area contributed by atoms with Gasteiger partial charge in [-0.3, -0.25) is 0 Å². The molecule has 0 amide bonds. The maximum Gasteiger partial charge on any atom is 0.164 e. The fourth-order valence-corrected chi connectivity index (χ4v) is 9.12. The Balaban J connectivity index is 1.25. The van der Waals surface area contributed by atoms with E-state index >= 15 is 0 Å². The Hall–Kier alpha value is -6.89. The van der Waals surface area contributed by atoms with E-state index in [1.165, 1.54) is 42.1 Å². The average Bonchev–Trinajstić information content (AvgIpc) is 3.90. The summed E-state index contributed by atoms with van der Waals surface area (Å²) >= 11 is 1.82. The first-order chi connectivity index (χ1) is 26.3. The van der Waals surface area contributed by atoms with Crippen LogP contribution in [0.4, 0.5) is 0 Å². The Labute approximate surface area is 308 Å². The lowest BCUT2D eigenvalue weighted by molar-refractivity contribution is 1.08. The molecule has 4 heterocycles. The summed E-state index contributed by atoms with van der Waals surface area (Å²) < 4.78 is 7.30. The van der Waals surface area contributed by atoms with Crippen LogP contribution >= 0.6 is 11.3 Å². The molecule has 0 radical (unpaired) electrons. The molecule has 0 N–H and O–H groups in total. The van der Waals surface area contributed by atoms with E-state index in [-0.39, 0.29) is 0 Å². The highest BCUT2D eigenvalue weighted by molar-refractivity contribution is 7.26. The SMILES string of the molecule is c1ccc(-c2nc(-c3ccccc3)nc(-c3ccc(-n4c5ccccc5c5c4c4ccccc4n5-c4ccccc4)c4sc5ccccc5c34)n2)cc1. The van der Waals surface area contributed by atoms with Gasteiger partial charge in [0, 0.05) is 48.6 Å². The van der Waals surface area contributed by atoms with Gasteiger partial charge in [-0.05, 0) is 42.5 Å². The predicted octanol–water partition coefficient (Wildman–Crippen LogP) is 12.3. The van der Waals surface area contributed by atoms with Gasteiger partial charge in [-0.15, -0.1) is 11.3 Å². The normalized spacial score (nSPS) is 11.8. The van der Waals surface area contributed by atoms with Crippen molar-refractivity contribution in [2.45, 2.75) is 0 Å². The van der Waals surface area contributed by atoms with Crippen LogP contribution in [0.15, 0.2) is 176 Å². The molecule has 11 rings (SSSR count). The van der Waals surface area contributed by atoms with Gasteiger partial charge in [-0.25, -0.2) is 15.0 Å². The van der Waals surface area contributed by atoms with E-state index in [2.05, 4.69) is 149 Å². The molecule has 11 aromatic rings. The monoisotopic (exact) mass is 695 g/mol. The molecule has 0 aliphatic rings. The number of rotatable bonds is 5. The summed E-state index contributed by atoms with van der Waals surface area (Å²) in [7, 11) is 0. The molecule has 0 saturated carbocycles. The van der Waals surface area contributed by atoms with Crippen LogP contribution in [-0.2, 0) is 0 Å². The van der Waals surface area contributed by atoms with Crippen LogP contribution < -0.4 is 0 Å². The molecule has 0 saturated heterocycles. The van der Waals surface area contributed by atoms with Crippen LogP contribution in [0, 0.1) is 0 Å². The fraction of sp³-hybridized carbons (Fsp3) is 0. The van der Waals surface area contributed by atoms with Crippen LogP contribution in [0.25, 0.3) is 98.5 Å². The van der Waals surface area contributed by atoms with E-state index < -0.39 is 0 Å². The number of hydrogen-bond donors (Lipinski definition) is 0. The van der Waals surface area contributed by atoms with Crippen molar-refractivity contribution in [3.63, 3.8) is 0 Å². The van der Waals surface area contributed by atoms with Crippen molar-refractivity contribution < 1.29 is 0 Å². The molecule has 0 unspecified atom stereocenters. The molecule has 0 atom stereocenters. The summed E-state index contributed by atoms with van der Waals surface area (Å²) in [4.78, 5) is 15.3. The Kier molecular flexibility index (Phi) is 6.66. The second-order valence-electron chi connectivity index (χ2n) is 13.2. The second kappa shape index (κ2) is 11.8. The first kappa shape index (κ1) is 29.8. The minimum absolute atomic E-state index is 0.651. The second-order valence-corrected chi connectivity index (χ2v) is 14.3. The van der Waals surface area contributed by atoms with Crippen LogP contribution in [0.1, 0.15) is 0 Å². The number of nitrogens with zero attached hydrogens (tertiary/aromatic N) is 5. The molecular weight excluding hydrogens is 667 g/mol. The van der Waals surface area contributed by atoms with Gasteiger partial charge in [0.2, 0.25) is 0 Å². The number of hydrogen-bond acceptors (Lipinski definition) is 4. The third kappa shape index (κ3) is 4.59. The standard InChI is InChI=1S/C47H29N5S/c1-4-16-30(17-5-1)45-48-46(31-18-6-2-7-19-31)50-47(49-45)36-28-29-39(44-41(36)35-24-12-15-27-40(35)53-44)52-38-26-14-11-23-34(38)42-43(52)33-22-10-13-25-37(33)51(42)32-20-8-3-9-21-32/h1-29H. The summed E-state index contributed by atoms with van der Waals surface area (Å²) in [5, 5.41) is 4.74. The Morgan fingerprint density at radius 1 is 0.396 bits per heavy atom. The molecule has 6 heteroatoms. The van der Waals surface area contributed by atoms with E-state index in [9.17, 15) is 0 Å². The smallest absolute Gasteiger partial charge is 0.164 e. The molecule has 248 valence electrons. The summed E-state index contributed by atoms with van der Waals surface area (Å²) in [6, 6.07) is 61.8. The molecular formula is C47H29N5S. The van der Waals surface area contributed by atoms with Crippen molar-refractivity contribution in [1.29, 1.82) is 0 Å².